The summed E-state index contributed by atoms with van der Waals surface area (Å²) in [5.74, 6) is -0.0161. The maximum atomic E-state index is 12.6. The summed E-state index contributed by atoms with van der Waals surface area (Å²) < 4.78 is 0.922. The van der Waals surface area contributed by atoms with Gasteiger partial charge in [0.1, 0.15) is 0 Å². The van der Waals surface area contributed by atoms with Gasteiger partial charge in [0.05, 0.1) is 16.8 Å². The standard InChI is InChI=1S/C14H17N3O2S/c15-14-16-11-5-4-9(8-12(11)20-14)13(19)17(6-7-18)10-2-1-3-10/h4-5,8,10,18H,1-3,6-7H2,(H2,15,16). The van der Waals surface area contributed by atoms with E-state index < -0.39 is 0 Å². The van der Waals surface area contributed by atoms with E-state index in [0.29, 0.717) is 17.2 Å². The van der Waals surface area contributed by atoms with Crippen LogP contribution in [-0.2, 0) is 0 Å². The minimum absolute atomic E-state index is 0.00199. The van der Waals surface area contributed by atoms with Crippen molar-refractivity contribution in [3.63, 3.8) is 0 Å². The van der Waals surface area contributed by atoms with Crippen LogP contribution in [0.3, 0.4) is 0 Å². The van der Waals surface area contributed by atoms with Crippen molar-refractivity contribution in [3.8, 4) is 0 Å². The van der Waals surface area contributed by atoms with Crippen LogP contribution in [0.5, 0.6) is 0 Å². The van der Waals surface area contributed by atoms with Crippen molar-refractivity contribution in [2.75, 3.05) is 18.9 Å². The van der Waals surface area contributed by atoms with E-state index in [1.54, 1.807) is 11.0 Å². The van der Waals surface area contributed by atoms with Crippen molar-refractivity contribution in [2.24, 2.45) is 0 Å². The molecule has 0 bridgehead atoms. The molecule has 2 aromatic rings. The number of nitrogens with zero attached hydrogens (tertiary/aromatic N) is 2. The SMILES string of the molecule is Nc1nc2ccc(C(=O)N(CCO)C3CCC3)cc2s1. The van der Waals surface area contributed by atoms with Crippen molar-refractivity contribution >= 4 is 32.6 Å². The van der Waals surface area contributed by atoms with Crippen LogP contribution < -0.4 is 5.73 Å². The van der Waals surface area contributed by atoms with E-state index >= 15 is 0 Å². The lowest BCUT2D eigenvalue weighted by Gasteiger charge is -2.37. The normalized spacial score (nSPS) is 15.2. The summed E-state index contributed by atoms with van der Waals surface area (Å²) in [6, 6.07) is 5.73. The quantitative estimate of drug-likeness (QED) is 0.901. The molecule has 1 fully saturated rings. The van der Waals surface area contributed by atoms with Crippen molar-refractivity contribution in [2.45, 2.75) is 25.3 Å². The van der Waals surface area contributed by atoms with E-state index in [0.717, 1.165) is 29.5 Å². The van der Waals surface area contributed by atoms with E-state index in [9.17, 15) is 4.79 Å². The zero-order chi connectivity index (χ0) is 14.1. The van der Waals surface area contributed by atoms with Crippen LogP contribution in [0.4, 0.5) is 5.13 Å². The third-order valence-electron chi connectivity index (χ3n) is 3.77. The van der Waals surface area contributed by atoms with Gasteiger partial charge in [-0.2, -0.15) is 0 Å². The Morgan fingerprint density at radius 2 is 2.30 bits per heavy atom. The van der Waals surface area contributed by atoms with Crippen LogP contribution in [-0.4, -0.2) is 40.1 Å². The molecule has 1 heterocycles. The Morgan fingerprint density at radius 1 is 1.50 bits per heavy atom. The number of aromatic nitrogens is 1. The number of carbonyl (C=O) groups excluding carboxylic acids is 1. The molecule has 6 heteroatoms. The molecule has 0 radical (unpaired) electrons. The maximum absolute atomic E-state index is 12.6. The third-order valence-corrected chi connectivity index (χ3v) is 4.62. The molecule has 5 nitrogen and oxygen atoms in total. The molecule has 3 rings (SSSR count). The summed E-state index contributed by atoms with van der Waals surface area (Å²) in [7, 11) is 0. The topological polar surface area (TPSA) is 79.5 Å². The van der Waals surface area contributed by atoms with E-state index in [4.69, 9.17) is 10.8 Å². The maximum Gasteiger partial charge on any atom is 0.254 e. The monoisotopic (exact) mass is 291 g/mol. The van der Waals surface area contributed by atoms with E-state index in [2.05, 4.69) is 4.98 Å². The average molecular weight is 291 g/mol. The van der Waals surface area contributed by atoms with Gasteiger partial charge in [0, 0.05) is 18.2 Å². The number of benzene rings is 1. The molecule has 3 N–H and O–H groups in total. The van der Waals surface area contributed by atoms with Crippen molar-refractivity contribution < 1.29 is 9.90 Å². The predicted molar refractivity (Wildman–Crippen MR) is 79.8 cm³/mol. The first-order valence-corrected chi connectivity index (χ1v) is 7.58. The Balaban J connectivity index is 1.89. The minimum Gasteiger partial charge on any atom is -0.395 e. The number of carbonyl (C=O) groups is 1. The molecule has 0 spiro atoms. The highest BCUT2D eigenvalue weighted by Gasteiger charge is 2.29. The van der Waals surface area contributed by atoms with Crippen LogP contribution in [0, 0.1) is 0 Å². The second-order valence-electron chi connectivity index (χ2n) is 5.04. The first-order chi connectivity index (χ1) is 9.69. The van der Waals surface area contributed by atoms with Gasteiger partial charge in [0.15, 0.2) is 5.13 Å². The highest BCUT2D eigenvalue weighted by Crippen LogP contribution is 2.28. The molecule has 1 aromatic heterocycles. The predicted octanol–water partition coefficient (Wildman–Crippen LogP) is 1.87. The summed E-state index contributed by atoms with van der Waals surface area (Å²) in [5.41, 5.74) is 7.14. The smallest absolute Gasteiger partial charge is 0.254 e. The van der Waals surface area contributed by atoms with Crippen LogP contribution in [0.1, 0.15) is 29.6 Å². The van der Waals surface area contributed by atoms with Crippen LogP contribution in [0.25, 0.3) is 10.2 Å². The zero-order valence-electron chi connectivity index (χ0n) is 11.1. The molecule has 1 aliphatic carbocycles. The van der Waals surface area contributed by atoms with E-state index in [1.807, 2.05) is 12.1 Å². The molecule has 1 amide bonds. The first kappa shape index (κ1) is 13.3. The number of hydrogen-bond acceptors (Lipinski definition) is 5. The van der Waals surface area contributed by atoms with Gasteiger partial charge in [-0.3, -0.25) is 4.79 Å². The Morgan fingerprint density at radius 3 is 2.95 bits per heavy atom. The van der Waals surface area contributed by atoms with Gasteiger partial charge in [-0.05, 0) is 37.5 Å². The first-order valence-electron chi connectivity index (χ1n) is 6.77. The summed E-state index contributed by atoms with van der Waals surface area (Å²) in [5, 5.41) is 9.67. The lowest BCUT2D eigenvalue weighted by atomic mass is 9.91. The van der Waals surface area contributed by atoms with Crippen LogP contribution >= 0.6 is 11.3 Å². The Kier molecular flexibility index (Phi) is 3.58. The number of fused-ring (bicyclic) bond motifs is 1. The molecule has 1 aliphatic rings. The average Bonchev–Trinajstić information content (AvgIpc) is 2.74. The third kappa shape index (κ3) is 2.36. The van der Waals surface area contributed by atoms with Gasteiger partial charge < -0.3 is 15.7 Å². The molecule has 1 aromatic carbocycles. The molecule has 20 heavy (non-hydrogen) atoms. The fourth-order valence-electron chi connectivity index (χ4n) is 2.50. The summed E-state index contributed by atoms with van der Waals surface area (Å²) in [6.07, 6.45) is 3.22. The second-order valence-corrected chi connectivity index (χ2v) is 6.10. The number of nitrogen functional groups attached to an aromatic ring is 1. The zero-order valence-corrected chi connectivity index (χ0v) is 11.9. The Bertz CT molecular complexity index is 636. The molecule has 106 valence electrons. The van der Waals surface area contributed by atoms with Crippen molar-refractivity contribution in [1.29, 1.82) is 0 Å². The van der Waals surface area contributed by atoms with Crippen molar-refractivity contribution in [3.05, 3.63) is 23.8 Å². The van der Waals surface area contributed by atoms with Gasteiger partial charge in [0.25, 0.3) is 5.91 Å². The van der Waals surface area contributed by atoms with Gasteiger partial charge >= 0.3 is 0 Å². The number of amides is 1. The summed E-state index contributed by atoms with van der Waals surface area (Å²) >= 11 is 1.38. The number of anilines is 1. The highest BCUT2D eigenvalue weighted by molar-refractivity contribution is 7.22. The van der Waals surface area contributed by atoms with Gasteiger partial charge in [-0.1, -0.05) is 11.3 Å². The molecular formula is C14H17N3O2S. The molecule has 1 saturated carbocycles. The van der Waals surface area contributed by atoms with Gasteiger partial charge in [-0.15, -0.1) is 0 Å². The fourth-order valence-corrected chi connectivity index (χ4v) is 3.27. The number of nitrogens with two attached hydrogens (primary N) is 1. The molecule has 0 atom stereocenters. The van der Waals surface area contributed by atoms with Crippen LogP contribution in [0.15, 0.2) is 18.2 Å². The minimum atomic E-state index is -0.0161. The molecule has 0 aliphatic heterocycles. The largest absolute Gasteiger partial charge is 0.395 e. The van der Waals surface area contributed by atoms with E-state index in [-0.39, 0.29) is 18.6 Å². The number of hydrogen-bond donors (Lipinski definition) is 2. The lowest BCUT2D eigenvalue weighted by molar-refractivity contribution is 0.0526. The van der Waals surface area contributed by atoms with Gasteiger partial charge in [0.2, 0.25) is 0 Å². The Hall–Kier alpha value is -1.66. The summed E-state index contributed by atoms with van der Waals surface area (Å²) in [6.45, 7) is 0.393. The number of aliphatic hydroxyl groups excluding tert-OH is 1. The van der Waals surface area contributed by atoms with Crippen LogP contribution in [0.2, 0.25) is 0 Å². The van der Waals surface area contributed by atoms with Gasteiger partial charge in [-0.25, -0.2) is 4.98 Å². The fraction of sp³-hybridized carbons (Fsp3) is 0.429. The second kappa shape index (κ2) is 5.38. The summed E-state index contributed by atoms with van der Waals surface area (Å²) in [4.78, 5) is 18.6. The number of rotatable bonds is 4. The molecule has 0 saturated heterocycles. The lowest BCUT2D eigenvalue weighted by Crippen LogP contribution is -2.45. The Labute approximate surface area is 121 Å². The van der Waals surface area contributed by atoms with Crippen molar-refractivity contribution in [1.82, 2.24) is 9.88 Å². The molecular weight excluding hydrogens is 274 g/mol. The number of aliphatic hydroxyl groups is 1. The molecule has 0 unspecified atom stereocenters. The highest BCUT2D eigenvalue weighted by atomic mass is 32.1. The number of thiazole rings is 1. The van der Waals surface area contributed by atoms with E-state index in [1.165, 1.54) is 11.3 Å².